The minimum absolute atomic E-state index is 0.139. The van der Waals surface area contributed by atoms with Gasteiger partial charge in [-0.15, -0.1) is 0 Å². The van der Waals surface area contributed by atoms with Gasteiger partial charge in [0.1, 0.15) is 17.2 Å². The van der Waals surface area contributed by atoms with Gasteiger partial charge in [-0.2, -0.15) is 0 Å². The molecule has 1 fully saturated rings. The summed E-state index contributed by atoms with van der Waals surface area (Å²) < 4.78 is 11.1. The molecule has 1 aliphatic rings. The normalized spacial score (nSPS) is 14.9. The maximum Gasteiger partial charge on any atom is 0.241 e. The van der Waals surface area contributed by atoms with Crippen molar-refractivity contribution in [2.45, 2.75) is 18.8 Å². The van der Waals surface area contributed by atoms with Crippen LogP contribution in [0.1, 0.15) is 24.5 Å². The number of carbonyl (C=O) groups is 1. The van der Waals surface area contributed by atoms with Crippen LogP contribution in [0.4, 0.5) is 0 Å². The molecule has 1 saturated heterocycles. The van der Waals surface area contributed by atoms with Gasteiger partial charge in [0, 0.05) is 31.4 Å². The Labute approximate surface area is 153 Å². The first-order valence-electron chi connectivity index (χ1n) is 8.76. The first-order chi connectivity index (χ1) is 12.7. The monoisotopic (exact) mass is 356 g/mol. The van der Waals surface area contributed by atoms with E-state index in [0.717, 1.165) is 37.4 Å². The number of likely N-dealkylation sites (N-methyl/N-ethyl adjacent to an activating group) is 1. The number of likely N-dealkylation sites (tertiary alicyclic amines) is 1. The summed E-state index contributed by atoms with van der Waals surface area (Å²) in [5.74, 6) is 2.36. The Morgan fingerprint density at radius 2 is 1.81 bits per heavy atom. The molecule has 0 atom stereocenters. The van der Waals surface area contributed by atoms with Crippen molar-refractivity contribution >= 4 is 5.91 Å². The second kappa shape index (κ2) is 8.62. The first-order valence-corrected chi connectivity index (χ1v) is 8.76. The summed E-state index contributed by atoms with van der Waals surface area (Å²) in [5, 5.41) is 2.91. The molecular weight excluding hydrogens is 332 g/mol. The van der Waals surface area contributed by atoms with E-state index in [-0.39, 0.29) is 11.8 Å². The Bertz CT molecular complexity index is 728. The van der Waals surface area contributed by atoms with E-state index in [1.165, 1.54) is 0 Å². The summed E-state index contributed by atoms with van der Waals surface area (Å²) in [6, 6.07) is 7.38. The van der Waals surface area contributed by atoms with Crippen LogP contribution in [0, 0.1) is 0 Å². The molecule has 7 nitrogen and oxygen atoms in total. The van der Waals surface area contributed by atoms with Crippen molar-refractivity contribution in [3.05, 3.63) is 42.4 Å². The predicted octanol–water partition coefficient (Wildman–Crippen LogP) is 2.20. The topological polar surface area (TPSA) is 76.6 Å². The highest BCUT2D eigenvalue weighted by molar-refractivity contribution is 5.78. The van der Waals surface area contributed by atoms with Crippen LogP contribution < -0.4 is 14.8 Å². The van der Waals surface area contributed by atoms with Gasteiger partial charge in [-0.25, -0.2) is 4.98 Å². The smallest absolute Gasteiger partial charge is 0.241 e. The maximum atomic E-state index is 12.0. The van der Waals surface area contributed by atoms with Crippen molar-refractivity contribution in [1.29, 1.82) is 0 Å². The fourth-order valence-electron chi connectivity index (χ4n) is 3.12. The van der Waals surface area contributed by atoms with Crippen molar-refractivity contribution in [1.82, 2.24) is 20.2 Å². The average Bonchev–Trinajstić information content (AvgIpc) is 2.69. The summed E-state index contributed by atoms with van der Waals surface area (Å²) in [6.45, 7) is 1.83. The summed E-state index contributed by atoms with van der Waals surface area (Å²) >= 11 is 0. The lowest BCUT2D eigenvalue weighted by molar-refractivity contribution is -0.131. The van der Waals surface area contributed by atoms with Gasteiger partial charge in [0.2, 0.25) is 11.8 Å². The van der Waals surface area contributed by atoms with E-state index in [0.29, 0.717) is 18.2 Å². The zero-order valence-corrected chi connectivity index (χ0v) is 15.1. The Kier molecular flexibility index (Phi) is 6.01. The number of rotatable bonds is 6. The summed E-state index contributed by atoms with van der Waals surface area (Å²) in [7, 11) is 3.41. The number of benzene rings is 1. The van der Waals surface area contributed by atoms with Crippen molar-refractivity contribution in [3.8, 4) is 17.4 Å². The van der Waals surface area contributed by atoms with Gasteiger partial charge in [-0.3, -0.25) is 9.78 Å². The lowest BCUT2D eigenvalue weighted by atomic mass is 9.93. The van der Waals surface area contributed by atoms with E-state index in [2.05, 4.69) is 15.3 Å². The van der Waals surface area contributed by atoms with Crippen LogP contribution in [-0.2, 0) is 4.79 Å². The molecular formula is C19H24N4O3. The number of nitrogens with one attached hydrogen (secondary N) is 1. The van der Waals surface area contributed by atoms with Crippen LogP contribution in [0.5, 0.6) is 17.4 Å². The van der Waals surface area contributed by atoms with E-state index in [1.807, 2.05) is 29.2 Å². The van der Waals surface area contributed by atoms with E-state index in [1.54, 1.807) is 26.6 Å². The molecule has 138 valence electrons. The highest BCUT2D eigenvalue weighted by Crippen LogP contribution is 2.33. The number of methoxy groups -OCH3 is 1. The highest BCUT2D eigenvalue weighted by atomic mass is 16.5. The van der Waals surface area contributed by atoms with Crippen molar-refractivity contribution in [2.75, 3.05) is 33.8 Å². The molecule has 2 aromatic rings. The zero-order chi connectivity index (χ0) is 18.4. The molecule has 0 aliphatic carbocycles. The molecule has 0 spiro atoms. The fraction of sp³-hybridized carbons (Fsp3) is 0.421. The molecule has 1 aliphatic heterocycles. The van der Waals surface area contributed by atoms with Crippen LogP contribution in [0.25, 0.3) is 0 Å². The van der Waals surface area contributed by atoms with E-state index in [9.17, 15) is 4.79 Å². The molecule has 0 radical (unpaired) electrons. The van der Waals surface area contributed by atoms with Gasteiger partial charge in [0.15, 0.2) is 0 Å². The minimum Gasteiger partial charge on any atom is -0.497 e. The van der Waals surface area contributed by atoms with Gasteiger partial charge < -0.3 is 19.7 Å². The Hall–Kier alpha value is -2.67. The van der Waals surface area contributed by atoms with Crippen LogP contribution in [0.15, 0.2) is 36.7 Å². The number of ether oxygens (including phenoxy) is 2. The predicted molar refractivity (Wildman–Crippen MR) is 97.6 cm³/mol. The number of hydrogen-bond donors (Lipinski definition) is 1. The lowest BCUT2D eigenvalue weighted by Crippen LogP contribution is -2.42. The third kappa shape index (κ3) is 4.29. The maximum absolute atomic E-state index is 12.0. The van der Waals surface area contributed by atoms with Crippen LogP contribution in [0.3, 0.4) is 0 Å². The van der Waals surface area contributed by atoms with Gasteiger partial charge in [-0.05, 0) is 44.2 Å². The first kappa shape index (κ1) is 18.1. The molecule has 0 unspecified atom stereocenters. The number of piperidine rings is 1. The van der Waals surface area contributed by atoms with Gasteiger partial charge in [0.25, 0.3) is 0 Å². The number of amides is 1. The largest absolute Gasteiger partial charge is 0.497 e. The summed E-state index contributed by atoms with van der Waals surface area (Å²) in [5.41, 5.74) is 0.851. The third-order valence-electron chi connectivity index (χ3n) is 4.53. The molecule has 1 N–H and O–H groups in total. The number of hydrogen-bond acceptors (Lipinski definition) is 6. The molecule has 2 heterocycles. The van der Waals surface area contributed by atoms with Crippen LogP contribution in [0.2, 0.25) is 0 Å². The molecule has 0 saturated carbocycles. The van der Waals surface area contributed by atoms with Gasteiger partial charge in [0.05, 0.1) is 13.7 Å². The van der Waals surface area contributed by atoms with Crippen molar-refractivity contribution in [3.63, 3.8) is 0 Å². The average molecular weight is 356 g/mol. The van der Waals surface area contributed by atoms with E-state index in [4.69, 9.17) is 9.47 Å². The standard InChI is InChI=1S/C19H24N4O3/c1-20-13-17(24)23-11-7-14(8-12-23)18-19(22-10-9-21-18)26-16-5-3-15(25-2)4-6-16/h3-6,9-10,14,20H,7-8,11-13H2,1-2H3. The Morgan fingerprint density at radius 3 is 2.46 bits per heavy atom. The highest BCUT2D eigenvalue weighted by Gasteiger charge is 2.27. The zero-order valence-electron chi connectivity index (χ0n) is 15.1. The molecule has 7 heteroatoms. The SMILES string of the molecule is CNCC(=O)N1CCC(c2nccnc2Oc2ccc(OC)cc2)CC1. The van der Waals surface area contributed by atoms with E-state index < -0.39 is 0 Å². The second-order valence-corrected chi connectivity index (χ2v) is 6.21. The molecule has 1 aromatic heterocycles. The van der Waals surface area contributed by atoms with E-state index >= 15 is 0 Å². The van der Waals surface area contributed by atoms with Crippen molar-refractivity contribution in [2.24, 2.45) is 0 Å². The molecule has 3 rings (SSSR count). The minimum atomic E-state index is 0.139. The molecule has 1 amide bonds. The van der Waals surface area contributed by atoms with Crippen LogP contribution in [-0.4, -0.2) is 54.6 Å². The molecule has 1 aromatic carbocycles. The Morgan fingerprint density at radius 1 is 1.15 bits per heavy atom. The number of aromatic nitrogens is 2. The fourth-order valence-corrected chi connectivity index (χ4v) is 3.12. The lowest BCUT2D eigenvalue weighted by Gasteiger charge is -2.32. The molecule has 26 heavy (non-hydrogen) atoms. The summed E-state index contributed by atoms with van der Waals surface area (Å²) in [6.07, 6.45) is 5.03. The van der Waals surface area contributed by atoms with Crippen LogP contribution >= 0.6 is 0 Å². The van der Waals surface area contributed by atoms with Gasteiger partial charge in [-0.1, -0.05) is 0 Å². The summed E-state index contributed by atoms with van der Waals surface area (Å²) in [4.78, 5) is 22.8. The van der Waals surface area contributed by atoms with Crippen molar-refractivity contribution < 1.29 is 14.3 Å². The van der Waals surface area contributed by atoms with Gasteiger partial charge >= 0.3 is 0 Å². The number of nitrogens with zero attached hydrogens (tertiary/aromatic N) is 3. The quantitative estimate of drug-likeness (QED) is 0.855. The number of carbonyl (C=O) groups excluding carboxylic acids is 1. The molecule has 0 bridgehead atoms. The Balaban J connectivity index is 1.68. The second-order valence-electron chi connectivity index (χ2n) is 6.21. The third-order valence-corrected chi connectivity index (χ3v) is 4.53.